The van der Waals surface area contributed by atoms with Crippen molar-refractivity contribution in [2.75, 3.05) is 23.3 Å². The number of aliphatic hydroxyl groups is 1. The first-order chi connectivity index (χ1) is 19.7. The predicted molar refractivity (Wildman–Crippen MR) is 149 cm³/mol. The molecule has 1 saturated heterocycles. The van der Waals surface area contributed by atoms with E-state index in [1.54, 1.807) is 12.1 Å². The number of hydrogen-bond donors (Lipinski definition) is 3. The maximum absolute atomic E-state index is 14.5. The van der Waals surface area contributed by atoms with Crippen molar-refractivity contribution in [3.8, 4) is 6.19 Å². The Bertz CT molecular complexity index is 1420. The van der Waals surface area contributed by atoms with E-state index in [1.165, 1.54) is 22.9 Å². The number of fused-ring (bicyclic) bond motifs is 1. The summed E-state index contributed by atoms with van der Waals surface area (Å²) in [7, 11) is 0. The van der Waals surface area contributed by atoms with Crippen LogP contribution < -0.4 is 15.5 Å². The molecule has 3 aliphatic rings. The molecule has 1 saturated carbocycles. The van der Waals surface area contributed by atoms with E-state index >= 15 is 0 Å². The zero-order valence-electron chi connectivity index (χ0n) is 23.8. The first-order valence-corrected chi connectivity index (χ1v) is 14.1. The van der Waals surface area contributed by atoms with Gasteiger partial charge in [-0.15, -0.1) is 0 Å². The van der Waals surface area contributed by atoms with Gasteiger partial charge < -0.3 is 15.7 Å². The van der Waals surface area contributed by atoms with Gasteiger partial charge in [0.15, 0.2) is 6.19 Å². The number of carbonyl (C=O) groups excluding carboxylic acids is 2. The molecule has 3 unspecified atom stereocenters. The van der Waals surface area contributed by atoms with E-state index < -0.39 is 47.3 Å². The van der Waals surface area contributed by atoms with E-state index in [1.807, 2.05) is 12.3 Å². The van der Waals surface area contributed by atoms with E-state index in [4.69, 9.17) is 0 Å². The number of nitrogens with zero attached hydrogens (tertiary/aromatic N) is 4. The number of nitrogens with one attached hydrogen (secondary N) is 2. The first-order valence-electron chi connectivity index (χ1n) is 14.1. The van der Waals surface area contributed by atoms with Crippen molar-refractivity contribution < 1.29 is 27.9 Å². The molecular weight excluding hydrogens is 549 g/mol. The summed E-state index contributed by atoms with van der Waals surface area (Å²) in [5, 5.41) is 26.7. The third-order valence-corrected chi connectivity index (χ3v) is 8.51. The number of amides is 2. The molecule has 224 valence electrons. The zero-order chi connectivity index (χ0) is 30.4. The van der Waals surface area contributed by atoms with Crippen LogP contribution in [0.25, 0.3) is 0 Å². The lowest BCUT2D eigenvalue weighted by Crippen LogP contribution is -2.52. The van der Waals surface area contributed by atoms with Crippen LogP contribution in [0.4, 0.5) is 24.5 Å². The smallest absolute Gasteiger partial charge is 0.251 e. The van der Waals surface area contributed by atoms with E-state index in [0.717, 1.165) is 23.5 Å². The van der Waals surface area contributed by atoms with Crippen LogP contribution in [0.2, 0.25) is 0 Å². The Balaban J connectivity index is 1.60. The largest absolute Gasteiger partial charge is 0.388 e. The highest BCUT2D eigenvalue weighted by Crippen LogP contribution is 2.41. The van der Waals surface area contributed by atoms with E-state index in [-0.39, 0.29) is 49.6 Å². The Morgan fingerprint density at radius 2 is 1.93 bits per heavy atom. The molecule has 12 heteroatoms. The van der Waals surface area contributed by atoms with E-state index in [9.17, 15) is 33.1 Å². The quantitative estimate of drug-likeness (QED) is 0.439. The average molecular weight is 585 g/mol. The lowest BCUT2D eigenvalue weighted by atomic mass is 9.87. The van der Waals surface area contributed by atoms with Crippen molar-refractivity contribution in [2.45, 2.75) is 87.9 Å². The normalized spacial score (nSPS) is 25.2. The number of hydrogen-bond acceptors (Lipinski definition) is 7. The lowest BCUT2D eigenvalue weighted by molar-refractivity contribution is -0.129. The summed E-state index contributed by atoms with van der Waals surface area (Å²) in [5.74, 6) is -4.87. The molecule has 0 radical (unpaired) electrons. The SMILES string of the molecule is CC1(O)CC(C(=O)N(c2ccc3c(c2)NCC3(C)C)C(C(=O)NC2CCC(F)(F)CC2)c2cncc(F)c2)N(C#N)C1. The molecule has 2 aromatic rings. The molecule has 1 aromatic carbocycles. The fourth-order valence-electron chi connectivity index (χ4n) is 6.25. The summed E-state index contributed by atoms with van der Waals surface area (Å²) < 4.78 is 42.2. The number of aromatic nitrogens is 1. The van der Waals surface area contributed by atoms with Gasteiger partial charge in [0, 0.05) is 60.4 Å². The average Bonchev–Trinajstić information content (AvgIpc) is 3.41. The molecule has 2 fully saturated rings. The topological polar surface area (TPSA) is 122 Å². The summed E-state index contributed by atoms with van der Waals surface area (Å²) >= 11 is 0. The van der Waals surface area contributed by atoms with Crippen LogP contribution in [-0.4, -0.2) is 63.5 Å². The van der Waals surface area contributed by atoms with Gasteiger partial charge in [-0.05, 0) is 43.5 Å². The number of pyridine rings is 1. The van der Waals surface area contributed by atoms with Crippen LogP contribution in [-0.2, 0) is 15.0 Å². The van der Waals surface area contributed by atoms with Crippen molar-refractivity contribution in [1.82, 2.24) is 15.2 Å². The van der Waals surface area contributed by atoms with Crippen LogP contribution in [0.15, 0.2) is 36.7 Å². The number of anilines is 2. The molecule has 1 aliphatic carbocycles. The maximum atomic E-state index is 14.5. The number of nitriles is 1. The van der Waals surface area contributed by atoms with E-state index in [0.29, 0.717) is 12.2 Å². The summed E-state index contributed by atoms with van der Waals surface area (Å²) in [4.78, 5) is 34.8. The standard InChI is InChI=1S/C30H35F3N6O3/c1-28(2)15-36-23-11-21(4-5-22(23)28)39(27(41)24-12-29(3,42)16-38(24)17-34)25(18-10-19(31)14-35-13-18)26(40)37-20-6-8-30(32,33)9-7-20/h4-5,10-11,13-14,20,24-25,36,42H,6-9,12,15-16H2,1-3H3,(H,37,40). The van der Waals surface area contributed by atoms with Crippen LogP contribution in [0, 0.1) is 17.3 Å². The number of benzene rings is 1. The fourth-order valence-corrected chi connectivity index (χ4v) is 6.25. The number of carbonyl (C=O) groups is 2. The van der Waals surface area contributed by atoms with Crippen LogP contribution >= 0.6 is 0 Å². The van der Waals surface area contributed by atoms with Crippen molar-refractivity contribution in [1.29, 1.82) is 5.26 Å². The second kappa shape index (κ2) is 10.8. The van der Waals surface area contributed by atoms with Crippen LogP contribution in [0.1, 0.15) is 70.0 Å². The monoisotopic (exact) mass is 584 g/mol. The summed E-state index contributed by atoms with van der Waals surface area (Å²) in [6, 6.07) is 3.29. The molecule has 3 N–H and O–H groups in total. The number of β-amino-alcohol motifs (C(OH)–C–C–N with tert-alkyl or cyclic N) is 1. The van der Waals surface area contributed by atoms with Gasteiger partial charge in [-0.2, -0.15) is 5.26 Å². The van der Waals surface area contributed by atoms with Gasteiger partial charge >= 0.3 is 0 Å². The molecule has 5 rings (SSSR count). The van der Waals surface area contributed by atoms with Gasteiger partial charge in [0.2, 0.25) is 11.8 Å². The first kappa shape index (κ1) is 29.6. The van der Waals surface area contributed by atoms with Gasteiger partial charge in [-0.25, -0.2) is 13.2 Å². The van der Waals surface area contributed by atoms with Crippen molar-refractivity contribution >= 4 is 23.2 Å². The Morgan fingerprint density at radius 3 is 2.60 bits per heavy atom. The highest BCUT2D eigenvalue weighted by molar-refractivity contribution is 6.04. The molecule has 3 atom stereocenters. The highest BCUT2D eigenvalue weighted by atomic mass is 19.3. The molecule has 1 aromatic heterocycles. The van der Waals surface area contributed by atoms with Crippen molar-refractivity contribution in [2.24, 2.45) is 0 Å². The van der Waals surface area contributed by atoms with Gasteiger partial charge in [0.05, 0.1) is 18.3 Å². The van der Waals surface area contributed by atoms with Crippen molar-refractivity contribution in [3.05, 3.63) is 53.6 Å². The molecule has 2 amide bonds. The fraction of sp³-hybridized carbons (Fsp3) is 0.533. The Labute approximate surface area is 242 Å². The molecular formula is C30H35F3N6O3. The Morgan fingerprint density at radius 1 is 1.21 bits per heavy atom. The summed E-state index contributed by atoms with van der Waals surface area (Å²) in [5.41, 5.74) is 0.639. The number of rotatable bonds is 6. The summed E-state index contributed by atoms with van der Waals surface area (Å²) in [6.45, 7) is 6.24. The Kier molecular flexibility index (Phi) is 7.60. The molecule has 2 aliphatic heterocycles. The number of likely N-dealkylation sites (tertiary alicyclic amines) is 1. The predicted octanol–water partition coefficient (Wildman–Crippen LogP) is 4.00. The van der Waals surface area contributed by atoms with Crippen LogP contribution in [0.3, 0.4) is 0 Å². The minimum absolute atomic E-state index is 0.0480. The minimum Gasteiger partial charge on any atom is -0.388 e. The minimum atomic E-state index is -2.81. The van der Waals surface area contributed by atoms with Gasteiger partial charge in [-0.1, -0.05) is 19.9 Å². The number of alkyl halides is 2. The third-order valence-electron chi connectivity index (χ3n) is 8.51. The zero-order valence-corrected chi connectivity index (χ0v) is 23.8. The van der Waals surface area contributed by atoms with E-state index in [2.05, 4.69) is 29.5 Å². The maximum Gasteiger partial charge on any atom is 0.251 e. The molecule has 0 bridgehead atoms. The molecule has 42 heavy (non-hydrogen) atoms. The van der Waals surface area contributed by atoms with Crippen molar-refractivity contribution in [3.63, 3.8) is 0 Å². The number of halogens is 3. The van der Waals surface area contributed by atoms with Crippen LogP contribution in [0.5, 0.6) is 0 Å². The Hall–Kier alpha value is -3.85. The van der Waals surface area contributed by atoms with Gasteiger partial charge in [0.1, 0.15) is 17.9 Å². The van der Waals surface area contributed by atoms with Gasteiger partial charge in [0.25, 0.3) is 5.91 Å². The highest BCUT2D eigenvalue weighted by Gasteiger charge is 2.47. The van der Waals surface area contributed by atoms with Gasteiger partial charge in [-0.3, -0.25) is 24.4 Å². The molecule has 3 heterocycles. The third kappa shape index (κ3) is 5.88. The summed E-state index contributed by atoms with van der Waals surface area (Å²) in [6.07, 6.45) is 3.49. The lowest BCUT2D eigenvalue weighted by Gasteiger charge is -2.36. The molecule has 0 spiro atoms. The molecule has 9 nitrogen and oxygen atoms in total. The second-order valence-electron chi connectivity index (χ2n) is 12.6. The second-order valence-corrected chi connectivity index (χ2v) is 12.6.